The summed E-state index contributed by atoms with van der Waals surface area (Å²) in [5.74, 6) is 1.49. The summed E-state index contributed by atoms with van der Waals surface area (Å²) in [4.78, 5) is 12.2. The van der Waals surface area contributed by atoms with Crippen molar-refractivity contribution >= 4 is 6.03 Å². The van der Waals surface area contributed by atoms with Crippen molar-refractivity contribution < 1.29 is 9.53 Å². The van der Waals surface area contributed by atoms with Gasteiger partial charge in [-0.25, -0.2) is 4.79 Å². The summed E-state index contributed by atoms with van der Waals surface area (Å²) in [6, 6.07) is 7.10. The van der Waals surface area contributed by atoms with Crippen LogP contribution < -0.4 is 15.4 Å². The van der Waals surface area contributed by atoms with Crippen LogP contribution in [0.5, 0.6) is 5.75 Å². The quantitative estimate of drug-likeness (QED) is 0.853. The Morgan fingerprint density at radius 3 is 2.50 bits per heavy atom. The molecule has 2 atom stereocenters. The molecule has 1 heterocycles. The van der Waals surface area contributed by atoms with Gasteiger partial charge in [0.1, 0.15) is 12.1 Å². The summed E-state index contributed by atoms with van der Waals surface area (Å²) < 4.78 is 7.47. The molecule has 24 heavy (non-hydrogen) atoms. The Bertz CT molecular complexity index is 683. The first-order valence-electron chi connectivity index (χ1n) is 8.04. The van der Waals surface area contributed by atoms with Gasteiger partial charge in [0, 0.05) is 7.05 Å². The Hall–Kier alpha value is -2.57. The Morgan fingerprint density at radius 2 is 1.88 bits per heavy atom. The molecule has 0 saturated heterocycles. The molecule has 0 aliphatic heterocycles. The molecule has 0 radical (unpaired) electrons. The van der Waals surface area contributed by atoms with Crippen LogP contribution in [-0.2, 0) is 7.05 Å². The lowest BCUT2D eigenvalue weighted by Gasteiger charge is -2.19. The Kier molecular flexibility index (Phi) is 5.78. The van der Waals surface area contributed by atoms with E-state index in [0.29, 0.717) is 5.82 Å². The molecule has 0 aliphatic rings. The second-order valence-electron chi connectivity index (χ2n) is 6.10. The molecule has 7 heteroatoms. The molecule has 0 fully saturated rings. The van der Waals surface area contributed by atoms with Gasteiger partial charge in [-0.05, 0) is 45.4 Å². The predicted octanol–water partition coefficient (Wildman–Crippen LogP) is 2.72. The molecule has 1 aromatic carbocycles. The van der Waals surface area contributed by atoms with Gasteiger partial charge in [-0.15, -0.1) is 10.2 Å². The number of amides is 2. The summed E-state index contributed by atoms with van der Waals surface area (Å²) in [5.41, 5.74) is 0.981. The molecular formula is C17H25N5O2. The van der Waals surface area contributed by atoms with E-state index in [4.69, 9.17) is 4.74 Å². The molecule has 2 amide bonds. The average Bonchev–Trinajstić information content (AvgIpc) is 2.93. The van der Waals surface area contributed by atoms with Crippen molar-refractivity contribution in [3.63, 3.8) is 0 Å². The van der Waals surface area contributed by atoms with E-state index in [-0.39, 0.29) is 24.2 Å². The first kappa shape index (κ1) is 17.8. The van der Waals surface area contributed by atoms with E-state index in [1.807, 2.05) is 59.0 Å². The number of benzene rings is 1. The van der Waals surface area contributed by atoms with Gasteiger partial charge in [-0.2, -0.15) is 0 Å². The van der Waals surface area contributed by atoms with E-state index in [1.165, 1.54) is 0 Å². The van der Waals surface area contributed by atoms with Crippen LogP contribution in [0.1, 0.15) is 51.2 Å². The van der Waals surface area contributed by atoms with Crippen molar-refractivity contribution in [3.8, 4) is 5.75 Å². The highest BCUT2D eigenvalue weighted by Crippen LogP contribution is 2.20. The Balaban J connectivity index is 1.95. The van der Waals surface area contributed by atoms with Gasteiger partial charge in [0.25, 0.3) is 0 Å². The van der Waals surface area contributed by atoms with Crippen LogP contribution in [0.2, 0.25) is 0 Å². The average molecular weight is 331 g/mol. The summed E-state index contributed by atoms with van der Waals surface area (Å²) in [6.45, 7) is 7.76. The van der Waals surface area contributed by atoms with Crippen LogP contribution in [0, 0.1) is 0 Å². The lowest BCUT2D eigenvalue weighted by molar-refractivity contribution is 0.233. The number of hydrogen-bond acceptors (Lipinski definition) is 4. The molecule has 1 aromatic heterocycles. The van der Waals surface area contributed by atoms with Crippen molar-refractivity contribution in [2.75, 3.05) is 0 Å². The number of aromatic nitrogens is 3. The largest absolute Gasteiger partial charge is 0.491 e. The number of ether oxygens (including phenoxy) is 1. The number of aryl methyl sites for hydroxylation is 1. The number of rotatable bonds is 6. The molecule has 0 spiro atoms. The van der Waals surface area contributed by atoms with E-state index in [9.17, 15) is 4.79 Å². The zero-order valence-corrected chi connectivity index (χ0v) is 14.8. The van der Waals surface area contributed by atoms with Crippen molar-refractivity contribution in [1.82, 2.24) is 25.4 Å². The summed E-state index contributed by atoms with van der Waals surface area (Å²) in [7, 11) is 1.84. The third-order valence-corrected chi connectivity index (χ3v) is 3.56. The van der Waals surface area contributed by atoms with Gasteiger partial charge in [0.15, 0.2) is 5.82 Å². The van der Waals surface area contributed by atoms with Gasteiger partial charge >= 0.3 is 6.03 Å². The molecule has 2 N–H and O–H groups in total. The third kappa shape index (κ3) is 4.71. The lowest BCUT2D eigenvalue weighted by atomic mass is 10.1. The molecule has 2 aromatic rings. The summed E-state index contributed by atoms with van der Waals surface area (Å²) in [5, 5.41) is 13.6. The monoisotopic (exact) mass is 331 g/mol. The molecule has 0 unspecified atom stereocenters. The van der Waals surface area contributed by atoms with E-state index >= 15 is 0 Å². The maximum atomic E-state index is 12.2. The maximum absolute atomic E-state index is 12.2. The summed E-state index contributed by atoms with van der Waals surface area (Å²) >= 11 is 0. The molecule has 0 bridgehead atoms. The van der Waals surface area contributed by atoms with Gasteiger partial charge in [0.05, 0.1) is 18.2 Å². The number of carbonyl (C=O) groups is 1. The number of urea groups is 1. The number of hydrogen-bond donors (Lipinski definition) is 2. The van der Waals surface area contributed by atoms with E-state index in [2.05, 4.69) is 20.8 Å². The highest BCUT2D eigenvalue weighted by molar-refractivity contribution is 5.74. The molecule has 0 saturated carbocycles. The Labute approximate surface area is 142 Å². The van der Waals surface area contributed by atoms with Gasteiger partial charge in [0.2, 0.25) is 0 Å². The standard InChI is InChI=1S/C17H25N5O2/c1-11(2)24-15-8-6-7-14(9-15)12(3)19-17(23)20-13(4)16-21-18-10-22(16)5/h6-13H,1-5H3,(H2,19,20,23)/t12-,13+/m0/s1. The maximum Gasteiger partial charge on any atom is 0.315 e. The van der Waals surface area contributed by atoms with Crippen LogP contribution in [0.15, 0.2) is 30.6 Å². The Morgan fingerprint density at radius 1 is 1.17 bits per heavy atom. The molecule has 0 aliphatic carbocycles. The molecule has 7 nitrogen and oxygen atoms in total. The van der Waals surface area contributed by atoms with Crippen molar-refractivity contribution in [3.05, 3.63) is 42.0 Å². The molecular weight excluding hydrogens is 306 g/mol. The first-order chi connectivity index (χ1) is 11.4. The molecule has 2 rings (SSSR count). The minimum absolute atomic E-state index is 0.110. The SMILES string of the molecule is CC(C)Oc1cccc([C@H](C)NC(=O)N[C@H](C)c2nncn2C)c1. The zero-order chi connectivity index (χ0) is 17.7. The fourth-order valence-corrected chi connectivity index (χ4v) is 2.40. The van der Waals surface area contributed by atoms with Crippen molar-refractivity contribution in [2.45, 2.75) is 45.9 Å². The first-order valence-corrected chi connectivity index (χ1v) is 8.04. The van der Waals surface area contributed by atoms with Crippen molar-refractivity contribution in [2.24, 2.45) is 7.05 Å². The van der Waals surface area contributed by atoms with E-state index in [1.54, 1.807) is 10.9 Å². The number of carbonyl (C=O) groups excluding carboxylic acids is 1. The fourth-order valence-electron chi connectivity index (χ4n) is 2.40. The van der Waals surface area contributed by atoms with Crippen LogP contribution in [0.3, 0.4) is 0 Å². The second-order valence-corrected chi connectivity index (χ2v) is 6.10. The fraction of sp³-hybridized carbons (Fsp3) is 0.471. The van der Waals surface area contributed by atoms with Crippen LogP contribution in [0.25, 0.3) is 0 Å². The van der Waals surface area contributed by atoms with Crippen LogP contribution in [-0.4, -0.2) is 26.9 Å². The summed E-state index contributed by atoms with van der Waals surface area (Å²) in [6.07, 6.45) is 1.72. The van der Waals surface area contributed by atoms with Gasteiger partial charge in [-0.3, -0.25) is 0 Å². The third-order valence-electron chi connectivity index (χ3n) is 3.56. The smallest absolute Gasteiger partial charge is 0.315 e. The molecule has 130 valence electrons. The van der Waals surface area contributed by atoms with E-state index in [0.717, 1.165) is 11.3 Å². The van der Waals surface area contributed by atoms with Gasteiger partial charge in [-0.1, -0.05) is 12.1 Å². The minimum atomic E-state index is -0.256. The minimum Gasteiger partial charge on any atom is -0.491 e. The van der Waals surface area contributed by atoms with Gasteiger partial charge < -0.3 is 19.9 Å². The van der Waals surface area contributed by atoms with E-state index < -0.39 is 0 Å². The predicted molar refractivity (Wildman–Crippen MR) is 91.7 cm³/mol. The number of nitrogens with one attached hydrogen (secondary N) is 2. The zero-order valence-electron chi connectivity index (χ0n) is 14.8. The lowest BCUT2D eigenvalue weighted by Crippen LogP contribution is -2.39. The normalized spacial score (nSPS) is 13.4. The topological polar surface area (TPSA) is 81.1 Å². The second kappa shape index (κ2) is 7.81. The van der Waals surface area contributed by atoms with Crippen LogP contribution >= 0.6 is 0 Å². The highest BCUT2D eigenvalue weighted by Gasteiger charge is 2.16. The van der Waals surface area contributed by atoms with Crippen LogP contribution in [0.4, 0.5) is 4.79 Å². The van der Waals surface area contributed by atoms with Crippen molar-refractivity contribution in [1.29, 1.82) is 0 Å². The highest BCUT2D eigenvalue weighted by atomic mass is 16.5. The number of nitrogens with zero attached hydrogens (tertiary/aromatic N) is 3.